The first kappa shape index (κ1) is 25.9. The van der Waals surface area contributed by atoms with Gasteiger partial charge in [0.2, 0.25) is 0 Å². The standard InChI is InChI=1S/C29H21Cl2N3O3S/c1-36-26-15-20(9-12-25(26)37-18-19-7-10-21(30)11-8-19)16-27-28(35)34(22-5-3-2-4-6-22)29(38-27)33-24-13-14-32-17-23(24)31/h2-17H,18H2,1H3/b27-16-,33-29?. The van der Waals surface area contributed by atoms with E-state index in [9.17, 15) is 4.79 Å². The first-order chi connectivity index (χ1) is 18.5. The molecule has 1 fully saturated rings. The van der Waals surface area contributed by atoms with Crippen LogP contribution in [0.3, 0.4) is 0 Å². The lowest BCUT2D eigenvalue weighted by molar-refractivity contribution is -0.113. The number of amides is 1. The van der Waals surface area contributed by atoms with E-state index in [1.807, 2.05) is 78.9 Å². The average Bonchev–Trinajstić information content (AvgIpc) is 3.24. The summed E-state index contributed by atoms with van der Waals surface area (Å²) in [5.41, 5.74) is 3.01. The van der Waals surface area contributed by atoms with Gasteiger partial charge < -0.3 is 9.47 Å². The summed E-state index contributed by atoms with van der Waals surface area (Å²) in [6.07, 6.45) is 4.94. The van der Waals surface area contributed by atoms with E-state index in [2.05, 4.69) is 9.98 Å². The van der Waals surface area contributed by atoms with Crippen LogP contribution in [0.4, 0.5) is 11.4 Å². The molecule has 5 rings (SSSR count). The van der Waals surface area contributed by atoms with Gasteiger partial charge in [0.15, 0.2) is 16.7 Å². The van der Waals surface area contributed by atoms with Crippen molar-refractivity contribution in [1.29, 1.82) is 0 Å². The monoisotopic (exact) mass is 561 g/mol. The number of nitrogens with zero attached hydrogens (tertiary/aromatic N) is 3. The van der Waals surface area contributed by atoms with Gasteiger partial charge >= 0.3 is 0 Å². The number of benzene rings is 3. The highest BCUT2D eigenvalue weighted by molar-refractivity contribution is 8.19. The van der Waals surface area contributed by atoms with Crippen molar-refractivity contribution < 1.29 is 14.3 Å². The average molecular weight is 562 g/mol. The molecule has 1 aliphatic heterocycles. The van der Waals surface area contributed by atoms with E-state index in [0.29, 0.717) is 49.6 Å². The molecule has 38 heavy (non-hydrogen) atoms. The smallest absolute Gasteiger partial charge is 0.271 e. The van der Waals surface area contributed by atoms with Crippen LogP contribution in [-0.2, 0) is 11.4 Å². The lowest BCUT2D eigenvalue weighted by Crippen LogP contribution is -2.28. The number of hydrogen-bond donors (Lipinski definition) is 0. The molecule has 1 aliphatic rings. The van der Waals surface area contributed by atoms with E-state index in [1.54, 1.807) is 24.3 Å². The van der Waals surface area contributed by atoms with Gasteiger partial charge in [0.25, 0.3) is 5.91 Å². The molecule has 0 bridgehead atoms. The Hall–Kier alpha value is -3.78. The summed E-state index contributed by atoms with van der Waals surface area (Å²) in [5, 5.41) is 1.57. The second kappa shape index (κ2) is 11.7. The van der Waals surface area contributed by atoms with Crippen LogP contribution in [0.25, 0.3) is 6.08 Å². The van der Waals surface area contributed by atoms with Gasteiger partial charge in [0.1, 0.15) is 6.61 Å². The van der Waals surface area contributed by atoms with Crippen molar-refractivity contribution in [2.24, 2.45) is 4.99 Å². The lowest BCUT2D eigenvalue weighted by Gasteiger charge is -2.15. The maximum atomic E-state index is 13.5. The number of aromatic nitrogens is 1. The molecule has 3 aromatic carbocycles. The largest absolute Gasteiger partial charge is 0.493 e. The minimum atomic E-state index is -0.188. The van der Waals surface area contributed by atoms with Crippen LogP contribution in [0, 0.1) is 0 Å². The Bertz CT molecular complexity index is 1530. The van der Waals surface area contributed by atoms with Crippen LogP contribution in [0.2, 0.25) is 10.0 Å². The third kappa shape index (κ3) is 5.86. The summed E-state index contributed by atoms with van der Waals surface area (Å²) in [6, 6.07) is 24.1. The van der Waals surface area contributed by atoms with E-state index < -0.39 is 0 Å². The minimum absolute atomic E-state index is 0.188. The van der Waals surface area contributed by atoms with Gasteiger partial charge in [-0.05, 0) is 71.4 Å². The molecule has 1 saturated heterocycles. The molecule has 190 valence electrons. The molecule has 9 heteroatoms. The third-order valence-corrected chi connectivity index (χ3v) is 7.09. The van der Waals surface area contributed by atoms with Crippen molar-refractivity contribution in [3.05, 3.63) is 117 Å². The quantitative estimate of drug-likeness (QED) is 0.215. The van der Waals surface area contributed by atoms with Crippen LogP contribution in [-0.4, -0.2) is 23.2 Å². The van der Waals surface area contributed by atoms with Gasteiger partial charge in [-0.25, -0.2) is 4.99 Å². The number of halogens is 2. The number of para-hydroxylation sites is 1. The zero-order valence-electron chi connectivity index (χ0n) is 20.2. The van der Waals surface area contributed by atoms with Gasteiger partial charge in [-0.1, -0.05) is 59.6 Å². The van der Waals surface area contributed by atoms with Crippen LogP contribution in [0.1, 0.15) is 11.1 Å². The second-order valence-electron chi connectivity index (χ2n) is 8.13. The Morgan fingerprint density at radius 2 is 1.79 bits per heavy atom. The fourth-order valence-corrected chi connectivity index (χ4v) is 4.98. The molecule has 0 spiro atoms. The number of carbonyl (C=O) groups excluding carboxylic acids is 1. The van der Waals surface area contributed by atoms with E-state index in [-0.39, 0.29) is 5.91 Å². The van der Waals surface area contributed by atoms with Crippen molar-refractivity contribution in [2.45, 2.75) is 6.61 Å². The summed E-state index contributed by atoms with van der Waals surface area (Å²) < 4.78 is 11.5. The molecule has 0 aliphatic carbocycles. The van der Waals surface area contributed by atoms with Gasteiger partial charge in [-0.2, -0.15) is 0 Å². The molecule has 0 N–H and O–H groups in total. The maximum absolute atomic E-state index is 13.5. The predicted octanol–water partition coefficient (Wildman–Crippen LogP) is 7.78. The van der Waals surface area contributed by atoms with Crippen molar-refractivity contribution in [1.82, 2.24) is 4.98 Å². The van der Waals surface area contributed by atoms with Gasteiger partial charge in [0.05, 0.1) is 28.4 Å². The molecule has 1 aromatic heterocycles. The van der Waals surface area contributed by atoms with Crippen LogP contribution < -0.4 is 14.4 Å². The minimum Gasteiger partial charge on any atom is -0.493 e. The number of methoxy groups -OCH3 is 1. The topological polar surface area (TPSA) is 64.0 Å². The van der Waals surface area contributed by atoms with Crippen LogP contribution in [0.5, 0.6) is 11.5 Å². The Kier molecular flexibility index (Phi) is 7.98. The molecular weight excluding hydrogens is 541 g/mol. The SMILES string of the molecule is COc1cc(/C=C2\SC(=Nc3ccncc3Cl)N(c3ccccc3)C2=O)ccc1OCc1ccc(Cl)cc1. The van der Waals surface area contributed by atoms with E-state index in [0.717, 1.165) is 11.1 Å². The summed E-state index contributed by atoms with van der Waals surface area (Å²) in [5.74, 6) is 0.962. The maximum Gasteiger partial charge on any atom is 0.271 e. The Balaban J connectivity index is 1.43. The molecule has 6 nitrogen and oxygen atoms in total. The number of pyridine rings is 1. The summed E-state index contributed by atoms with van der Waals surface area (Å²) in [4.78, 5) is 24.3. The number of carbonyl (C=O) groups is 1. The first-order valence-electron chi connectivity index (χ1n) is 11.5. The zero-order chi connectivity index (χ0) is 26.5. The summed E-state index contributed by atoms with van der Waals surface area (Å²) in [7, 11) is 1.58. The lowest BCUT2D eigenvalue weighted by atomic mass is 10.1. The predicted molar refractivity (Wildman–Crippen MR) is 155 cm³/mol. The zero-order valence-corrected chi connectivity index (χ0v) is 22.5. The fraction of sp³-hybridized carbons (Fsp3) is 0.0690. The summed E-state index contributed by atoms with van der Waals surface area (Å²) in [6.45, 7) is 0.367. The van der Waals surface area contributed by atoms with Gasteiger partial charge in [-0.15, -0.1) is 0 Å². The van der Waals surface area contributed by atoms with Crippen molar-refractivity contribution in [3.8, 4) is 11.5 Å². The third-order valence-electron chi connectivity index (χ3n) is 5.58. The van der Waals surface area contributed by atoms with Crippen LogP contribution in [0.15, 0.2) is 101 Å². The Labute approximate surface area is 234 Å². The second-order valence-corrected chi connectivity index (χ2v) is 9.99. The van der Waals surface area contributed by atoms with Gasteiger partial charge in [0, 0.05) is 17.4 Å². The van der Waals surface area contributed by atoms with Crippen LogP contribution >= 0.6 is 35.0 Å². The van der Waals surface area contributed by atoms with E-state index >= 15 is 0 Å². The normalized spacial score (nSPS) is 15.3. The molecule has 2 heterocycles. The number of thioether (sulfide) groups is 1. The number of aliphatic imine (C=N–C) groups is 1. The Morgan fingerprint density at radius 3 is 2.53 bits per heavy atom. The number of amidine groups is 1. The number of rotatable bonds is 7. The number of ether oxygens (including phenoxy) is 2. The van der Waals surface area contributed by atoms with Gasteiger partial charge in [-0.3, -0.25) is 14.7 Å². The van der Waals surface area contributed by atoms with E-state index in [1.165, 1.54) is 18.0 Å². The molecule has 0 atom stereocenters. The molecule has 1 amide bonds. The molecule has 0 unspecified atom stereocenters. The van der Waals surface area contributed by atoms with Crippen molar-refractivity contribution in [2.75, 3.05) is 12.0 Å². The molecular formula is C29H21Cl2N3O3S. The number of hydrogen-bond acceptors (Lipinski definition) is 6. The molecule has 0 radical (unpaired) electrons. The van der Waals surface area contributed by atoms with E-state index in [4.69, 9.17) is 32.7 Å². The fourth-order valence-electron chi connectivity index (χ4n) is 3.70. The van der Waals surface area contributed by atoms with Crippen molar-refractivity contribution >= 4 is 63.5 Å². The molecule has 4 aromatic rings. The highest BCUT2D eigenvalue weighted by Gasteiger charge is 2.35. The first-order valence-corrected chi connectivity index (χ1v) is 13.1. The molecule has 0 saturated carbocycles. The highest BCUT2D eigenvalue weighted by Crippen LogP contribution is 2.39. The summed E-state index contributed by atoms with van der Waals surface area (Å²) >= 11 is 13.5. The highest BCUT2D eigenvalue weighted by atomic mass is 35.5. The Morgan fingerprint density at radius 1 is 1.00 bits per heavy atom. The van der Waals surface area contributed by atoms with Crippen molar-refractivity contribution in [3.63, 3.8) is 0 Å². The number of anilines is 1.